The molecule has 122 valence electrons. The Kier molecular flexibility index (Phi) is 3.68. The lowest BCUT2D eigenvalue weighted by Gasteiger charge is -2.41. The molecule has 1 amide bonds. The minimum Gasteiger partial charge on any atom is -0.467 e. The molecule has 0 bridgehead atoms. The lowest BCUT2D eigenvalue weighted by Crippen LogP contribution is -2.52. The van der Waals surface area contributed by atoms with Gasteiger partial charge in [-0.25, -0.2) is 0 Å². The maximum Gasteiger partial charge on any atom is 0.419 e. The smallest absolute Gasteiger partial charge is 0.419 e. The highest BCUT2D eigenvalue weighted by molar-refractivity contribution is 5.79. The van der Waals surface area contributed by atoms with Gasteiger partial charge in [0.25, 0.3) is 5.91 Å². The van der Waals surface area contributed by atoms with Gasteiger partial charge in [-0.2, -0.15) is 13.2 Å². The van der Waals surface area contributed by atoms with E-state index in [4.69, 9.17) is 9.15 Å². The maximum absolute atomic E-state index is 12.5. The van der Waals surface area contributed by atoms with Crippen LogP contribution >= 0.6 is 0 Å². The van der Waals surface area contributed by atoms with E-state index in [0.717, 1.165) is 12.3 Å². The van der Waals surface area contributed by atoms with E-state index in [1.54, 1.807) is 11.9 Å². The van der Waals surface area contributed by atoms with E-state index in [2.05, 4.69) is 0 Å². The Balaban J connectivity index is 1.58. The number of carbonyl (C=O) groups excluding carboxylic acids is 1. The fourth-order valence-corrected chi connectivity index (χ4v) is 2.99. The van der Waals surface area contributed by atoms with Gasteiger partial charge in [0.15, 0.2) is 0 Å². The summed E-state index contributed by atoms with van der Waals surface area (Å²) in [6.07, 6.45) is -2.36. The molecule has 0 atom stereocenters. The Morgan fingerprint density at radius 2 is 2.00 bits per heavy atom. The second kappa shape index (κ2) is 5.27. The van der Waals surface area contributed by atoms with Crippen molar-refractivity contribution in [2.45, 2.75) is 31.3 Å². The van der Waals surface area contributed by atoms with Gasteiger partial charge in [-0.05, 0) is 6.07 Å². The van der Waals surface area contributed by atoms with Crippen molar-refractivity contribution in [1.29, 1.82) is 0 Å². The van der Waals surface area contributed by atoms with Gasteiger partial charge in [0, 0.05) is 33.0 Å². The molecule has 0 aliphatic carbocycles. The summed E-state index contributed by atoms with van der Waals surface area (Å²) < 4.78 is 48.2. The van der Waals surface area contributed by atoms with Gasteiger partial charge in [-0.15, -0.1) is 0 Å². The number of nitrogens with zero attached hydrogens (tertiary/aromatic N) is 2. The lowest BCUT2D eigenvalue weighted by atomic mass is 9.99. The van der Waals surface area contributed by atoms with Crippen LogP contribution in [0.2, 0.25) is 0 Å². The summed E-state index contributed by atoms with van der Waals surface area (Å²) in [6, 6.07) is 1.03. The molecule has 1 spiro atoms. The second-order valence-electron chi connectivity index (χ2n) is 5.76. The number of alkyl halides is 3. The van der Waals surface area contributed by atoms with E-state index in [1.165, 1.54) is 0 Å². The van der Waals surface area contributed by atoms with Gasteiger partial charge < -0.3 is 14.1 Å². The number of furan rings is 1. The molecule has 3 heterocycles. The van der Waals surface area contributed by atoms with Crippen LogP contribution in [0.3, 0.4) is 0 Å². The van der Waals surface area contributed by atoms with Crippen LogP contribution in [-0.2, 0) is 22.3 Å². The number of halogens is 3. The van der Waals surface area contributed by atoms with Crippen LogP contribution in [0, 0.1) is 0 Å². The molecular formula is C14H17F3N2O3. The summed E-state index contributed by atoms with van der Waals surface area (Å²) in [5.74, 6) is 0.259. The van der Waals surface area contributed by atoms with Crippen molar-refractivity contribution in [2.24, 2.45) is 0 Å². The third kappa shape index (κ3) is 2.72. The molecule has 1 aromatic heterocycles. The van der Waals surface area contributed by atoms with Crippen LogP contribution in [0.25, 0.3) is 0 Å². The highest BCUT2D eigenvalue weighted by Crippen LogP contribution is 2.35. The summed E-state index contributed by atoms with van der Waals surface area (Å²) in [5.41, 5.74) is -1.31. The first-order valence-corrected chi connectivity index (χ1v) is 7.08. The Labute approximate surface area is 125 Å². The molecule has 3 rings (SSSR count). The first kappa shape index (κ1) is 15.4. The van der Waals surface area contributed by atoms with E-state index in [-0.39, 0.29) is 12.5 Å². The van der Waals surface area contributed by atoms with E-state index in [0.29, 0.717) is 38.2 Å². The van der Waals surface area contributed by atoms with Gasteiger partial charge >= 0.3 is 6.18 Å². The molecule has 2 fully saturated rings. The summed E-state index contributed by atoms with van der Waals surface area (Å²) in [7, 11) is 1.73. The first-order chi connectivity index (χ1) is 10.3. The topological polar surface area (TPSA) is 45.9 Å². The summed E-state index contributed by atoms with van der Waals surface area (Å²) >= 11 is 0. The van der Waals surface area contributed by atoms with E-state index in [9.17, 15) is 18.0 Å². The number of hydrogen-bond donors (Lipinski definition) is 0. The largest absolute Gasteiger partial charge is 0.467 e. The number of likely N-dealkylation sites (tertiary alicyclic amines) is 1. The number of carbonyl (C=O) groups is 1. The molecule has 0 aromatic carbocycles. The summed E-state index contributed by atoms with van der Waals surface area (Å²) in [6.45, 7) is 1.70. The number of ether oxygens (including phenoxy) is 1. The van der Waals surface area contributed by atoms with Crippen molar-refractivity contribution in [2.75, 3.05) is 26.7 Å². The third-order valence-electron chi connectivity index (χ3n) is 4.45. The highest BCUT2D eigenvalue weighted by atomic mass is 19.4. The zero-order chi connectivity index (χ0) is 16.0. The highest BCUT2D eigenvalue weighted by Gasteiger charge is 2.46. The average Bonchev–Trinajstić information content (AvgIpc) is 3.03. The van der Waals surface area contributed by atoms with Gasteiger partial charge in [-0.1, -0.05) is 0 Å². The van der Waals surface area contributed by atoms with E-state index >= 15 is 0 Å². The first-order valence-electron chi connectivity index (χ1n) is 7.08. The van der Waals surface area contributed by atoms with Crippen molar-refractivity contribution >= 4 is 5.91 Å². The summed E-state index contributed by atoms with van der Waals surface area (Å²) in [4.78, 5) is 15.2. The molecule has 0 unspecified atom stereocenters. The van der Waals surface area contributed by atoms with Gasteiger partial charge in [-0.3, -0.25) is 9.69 Å². The lowest BCUT2D eigenvalue weighted by molar-refractivity contribution is -0.138. The Morgan fingerprint density at radius 1 is 1.32 bits per heavy atom. The van der Waals surface area contributed by atoms with Crippen molar-refractivity contribution in [3.63, 3.8) is 0 Å². The molecule has 2 aliphatic rings. The second-order valence-corrected chi connectivity index (χ2v) is 5.76. The third-order valence-corrected chi connectivity index (χ3v) is 4.45. The normalized spacial score (nSPS) is 22.7. The van der Waals surface area contributed by atoms with E-state index in [1.807, 2.05) is 4.90 Å². The molecule has 8 heteroatoms. The van der Waals surface area contributed by atoms with E-state index < -0.39 is 17.5 Å². The molecule has 2 aliphatic heterocycles. The molecular weight excluding hydrogens is 301 g/mol. The van der Waals surface area contributed by atoms with Crippen LogP contribution in [0.5, 0.6) is 0 Å². The zero-order valence-electron chi connectivity index (χ0n) is 12.2. The molecule has 0 N–H and O–H groups in total. The monoisotopic (exact) mass is 318 g/mol. The predicted molar refractivity (Wildman–Crippen MR) is 69.7 cm³/mol. The Hall–Kier alpha value is -1.54. The number of piperidine rings is 1. The average molecular weight is 318 g/mol. The van der Waals surface area contributed by atoms with Crippen molar-refractivity contribution in [1.82, 2.24) is 9.80 Å². The number of amides is 1. The Bertz CT molecular complexity index is 562. The fourth-order valence-electron chi connectivity index (χ4n) is 2.99. The standard InChI is InChI=1S/C14H17F3N2O3/c1-18-12(20)9-22-13(18)2-4-19(5-3-13)7-11-6-10(8-21-11)14(15,16)17/h6,8H,2-5,7,9H2,1H3. The van der Waals surface area contributed by atoms with Crippen molar-refractivity contribution < 1.29 is 27.1 Å². The molecule has 0 saturated carbocycles. The van der Waals surface area contributed by atoms with Gasteiger partial charge in [0.1, 0.15) is 24.4 Å². The minimum absolute atomic E-state index is 0.0331. The zero-order valence-corrected chi connectivity index (χ0v) is 12.2. The number of hydrogen-bond acceptors (Lipinski definition) is 4. The van der Waals surface area contributed by atoms with Crippen LogP contribution in [0.4, 0.5) is 13.2 Å². The number of likely N-dealkylation sites (N-methyl/N-ethyl adjacent to an activating group) is 1. The maximum atomic E-state index is 12.5. The number of rotatable bonds is 2. The molecule has 1 aromatic rings. The van der Waals surface area contributed by atoms with Crippen LogP contribution in [0.15, 0.2) is 16.7 Å². The molecule has 0 radical (unpaired) electrons. The molecule has 5 nitrogen and oxygen atoms in total. The van der Waals surface area contributed by atoms with Crippen LogP contribution in [0.1, 0.15) is 24.2 Å². The predicted octanol–water partition coefficient (Wildman–Crippen LogP) is 2.08. The fraction of sp³-hybridized carbons (Fsp3) is 0.643. The molecule has 2 saturated heterocycles. The minimum atomic E-state index is -4.38. The van der Waals surface area contributed by atoms with Crippen molar-refractivity contribution in [3.8, 4) is 0 Å². The van der Waals surface area contributed by atoms with Crippen molar-refractivity contribution in [3.05, 3.63) is 23.7 Å². The van der Waals surface area contributed by atoms with Gasteiger partial charge in [0.2, 0.25) is 0 Å². The van der Waals surface area contributed by atoms with Crippen LogP contribution in [-0.4, -0.2) is 48.2 Å². The summed E-state index contributed by atoms with van der Waals surface area (Å²) in [5, 5.41) is 0. The molecule has 22 heavy (non-hydrogen) atoms. The van der Waals surface area contributed by atoms with Gasteiger partial charge in [0.05, 0.1) is 12.1 Å². The van der Waals surface area contributed by atoms with Crippen LogP contribution < -0.4 is 0 Å². The SMILES string of the molecule is CN1C(=O)COC12CCN(Cc1cc(C(F)(F)F)co1)CC2. The Morgan fingerprint density at radius 3 is 2.50 bits per heavy atom. The quantitative estimate of drug-likeness (QED) is 0.837.